The zero-order valence-corrected chi connectivity index (χ0v) is 13.3. The first kappa shape index (κ1) is 14.4. The van der Waals surface area contributed by atoms with Gasteiger partial charge in [0.1, 0.15) is 4.88 Å². The van der Waals surface area contributed by atoms with Crippen LogP contribution >= 0.6 is 22.9 Å². The van der Waals surface area contributed by atoms with E-state index in [4.69, 9.17) is 11.6 Å². The number of halogens is 1. The normalized spacial score (nSPS) is 15.3. The largest absolute Gasteiger partial charge is 0.368 e. The van der Waals surface area contributed by atoms with E-state index < -0.39 is 0 Å². The first-order valence-corrected chi connectivity index (χ1v) is 8.05. The molecule has 4 nitrogen and oxygen atoms in total. The van der Waals surface area contributed by atoms with E-state index in [1.54, 1.807) is 0 Å². The second kappa shape index (κ2) is 6.03. The molecule has 0 atom stereocenters. The van der Waals surface area contributed by atoms with Gasteiger partial charge in [0.25, 0.3) is 0 Å². The molecule has 0 bridgehead atoms. The average Bonchev–Trinajstić information content (AvgIpc) is 2.89. The van der Waals surface area contributed by atoms with Crippen molar-refractivity contribution >= 4 is 40.0 Å². The molecule has 0 unspecified atom stereocenters. The molecule has 0 spiro atoms. The number of nitrogens with zero attached hydrogens (tertiary/aromatic N) is 3. The van der Waals surface area contributed by atoms with Gasteiger partial charge in [-0.05, 0) is 19.1 Å². The summed E-state index contributed by atoms with van der Waals surface area (Å²) < 4.78 is 0. The van der Waals surface area contributed by atoms with E-state index >= 15 is 0 Å². The number of carbonyl (C=O) groups is 1. The van der Waals surface area contributed by atoms with Crippen molar-refractivity contribution in [2.45, 2.75) is 6.92 Å². The van der Waals surface area contributed by atoms with Crippen LogP contribution in [0.4, 0.5) is 10.8 Å². The average molecular weight is 322 g/mol. The Balaban J connectivity index is 1.67. The van der Waals surface area contributed by atoms with Crippen molar-refractivity contribution in [2.75, 3.05) is 36.0 Å². The number of hydrogen-bond acceptors (Lipinski definition) is 5. The summed E-state index contributed by atoms with van der Waals surface area (Å²) in [6.45, 7) is 5.75. The standard InChI is InChI=1S/C15H16ClN3OS/c1-11-2-4-12(5-3-11)18-6-8-19(9-7-18)15-17-14(16)13(10-20)21-15/h2-5,10H,6-9H2,1H3. The molecule has 1 aliphatic rings. The highest BCUT2D eigenvalue weighted by Gasteiger charge is 2.21. The highest BCUT2D eigenvalue weighted by molar-refractivity contribution is 7.17. The van der Waals surface area contributed by atoms with E-state index in [1.165, 1.54) is 22.6 Å². The fourth-order valence-corrected chi connectivity index (χ4v) is 3.54. The summed E-state index contributed by atoms with van der Waals surface area (Å²) in [6, 6.07) is 8.60. The zero-order chi connectivity index (χ0) is 14.8. The summed E-state index contributed by atoms with van der Waals surface area (Å²) in [7, 11) is 0. The van der Waals surface area contributed by atoms with Gasteiger partial charge < -0.3 is 9.80 Å². The minimum Gasteiger partial charge on any atom is -0.368 e. The molecule has 1 fully saturated rings. The third-order valence-corrected chi connectivity index (χ3v) is 5.10. The van der Waals surface area contributed by atoms with Gasteiger partial charge in [0, 0.05) is 31.9 Å². The molecular formula is C15H16ClN3OS. The Labute approximate surface area is 133 Å². The predicted octanol–water partition coefficient (Wildman–Crippen LogP) is 3.24. The summed E-state index contributed by atoms with van der Waals surface area (Å²) in [5.74, 6) is 0. The molecule has 0 radical (unpaired) electrons. The van der Waals surface area contributed by atoms with Gasteiger partial charge in [-0.3, -0.25) is 4.79 Å². The lowest BCUT2D eigenvalue weighted by molar-refractivity contribution is 0.112. The first-order chi connectivity index (χ1) is 10.2. The highest BCUT2D eigenvalue weighted by Crippen LogP contribution is 2.29. The van der Waals surface area contributed by atoms with Crippen LogP contribution in [0.2, 0.25) is 5.15 Å². The van der Waals surface area contributed by atoms with Crippen LogP contribution in [0.5, 0.6) is 0 Å². The number of thiazole rings is 1. The molecule has 21 heavy (non-hydrogen) atoms. The van der Waals surface area contributed by atoms with Crippen LogP contribution in [0.1, 0.15) is 15.2 Å². The molecule has 1 saturated heterocycles. The molecular weight excluding hydrogens is 306 g/mol. The van der Waals surface area contributed by atoms with Gasteiger partial charge in [0.2, 0.25) is 0 Å². The van der Waals surface area contributed by atoms with Gasteiger partial charge in [-0.15, -0.1) is 0 Å². The van der Waals surface area contributed by atoms with Crippen LogP contribution in [-0.2, 0) is 0 Å². The molecule has 1 aromatic heterocycles. The molecule has 6 heteroatoms. The molecule has 1 aliphatic heterocycles. The van der Waals surface area contributed by atoms with Crippen molar-refractivity contribution in [1.29, 1.82) is 0 Å². The third kappa shape index (κ3) is 3.04. The summed E-state index contributed by atoms with van der Waals surface area (Å²) >= 11 is 7.30. The van der Waals surface area contributed by atoms with Crippen LogP contribution in [0.3, 0.4) is 0 Å². The molecule has 0 aliphatic carbocycles. The number of piperazine rings is 1. The Morgan fingerprint density at radius 1 is 1.14 bits per heavy atom. The Hall–Kier alpha value is -1.59. The van der Waals surface area contributed by atoms with Crippen molar-refractivity contribution in [3.05, 3.63) is 39.9 Å². The lowest BCUT2D eigenvalue weighted by Crippen LogP contribution is -2.46. The smallest absolute Gasteiger partial charge is 0.187 e. The van der Waals surface area contributed by atoms with E-state index in [0.717, 1.165) is 37.6 Å². The number of anilines is 2. The van der Waals surface area contributed by atoms with Gasteiger partial charge in [-0.2, -0.15) is 0 Å². The van der Waals surface area contributed by atoms with Crippen LogP contribution in [0.25, 0.3) is 0 Å². The van der Waals surface area contributed by atoms with Crippen LogP contribution in [-0.4, -0.2) is 37.4 Å². The molecule has 1 aromatic carbocycles. The summed E-state index contributed by atoms with van der Waals surface area (Å²) in [5.41, 5.74) is 2.53. The number of carbonyl (C=O) groups excluding carboxylic acids is 1. The monoisotopic (exact) mass is 321 g/mol. The van der Waals surface area contributed by atoms with Crippen molar-refractivity contribution in [3.63, 3.8) is 0 Å². The van der Waals surface area contributed by atoms with Gasteiger partial charge in [-0.1, -0.05) is 40.6 Å². The quantitative estimate of drug-likeness (QED) is 0.813. The number of benzene rings is 1. The molecule has 0 saturated carbocycles. The Morgan fingerprint density at radius 3 is 2.33 bits per heavy atom. The maximum atomic E-state index is 10.8. The fraction of sp³-hybridized carbons (Fsp3) is 0.333. The van der Waals surface area contributed by atoms with E-state index in [1.807, 2.05) is 0 Å². The van der Waals surface area contributed by atoms with Crippen molar-refractivity contribution in [3.8, 4) is 0 Å². The third-order valence-electron chi connectivity index (χ3n) is 3.65. The van der Waals surface area contributed by atoms with Gasteiger partial charge in [0.15, 0.2) is 16.6 Å². The zero-order valence-electron chi connectivity index (χ0n) is 11.8. The van der Waals surface area contributed by atoms with Gasteiger partial charge in [-0.25, -0.2) is 4.98 Å². The Bertz CT molecular complexity index is 633. The number of aldehydes is 1. The summed E-state index contributed by atoms with van der Waals surface area (Å²) in [4.78, 5) is 20.2. The molecule has 2 aromatic rings. The molecule has 110 valence electrons. The molecule has 3 rings (SSSR count). The molecule has 0 N–H and O–H groups in total. The number of hydrogen-bond donors (Lipinski definition) is 0. The van der Waals surface area contributed by atoms with Crippen molar-refractivity contribution in [2.24, 2.45) is 0 Å². The minimum atomic E-state index is 0.311. The van der Waals surface area contributed by atoms with Crippen molar-refractivity contribution in [1.82, 2.24) is 4.98 Å². The van der Waals surface area contributed by atoms with Gasteiger partial charge >= 0.3 is 0 Å². The highest BCUT2D eigenvalue weighted by atomic mass is 35.5. The SMILES string of the molecule is Cc1ccc(N2CCN(c3nc(Cl)c(C=O)s3)CC2)cc1. The maximum Gasteiger partial charge on any atom is 0.187 e. The number of aromatic nitrogens is 1. The maximum absolute atomic E-state index is 10.8. The van der Waals surface area contributed by atoms with Crippen molar-refractivity contribution < 1.29 is 4.79 Å². The minimum absolute atomic E-state index is 0.311. The Kier molecular flexibility index (Phi) is 4.12. The second-order valence-electron chi connectivity index (χ2n) is 5.08. The first-order valence-electron chi connectivity index (χ1n) is 6.85. The Morgan fingerprint density at radius 2 is 1.76 bits per heavy atom. The summed E-state index contributed by atoms with van der Waals surface area (Å²) in [6.07, 6.45) is 0.770. The van der Waals surface area contributed by atoms with E-state index in [2.05, 4.69) is 46.0 Å². The van der Waals surface area contributed by atoms with Crippen LogP contribution < -0.4 is 9.80 Å². The topological polar surface area (TPSA) is 36.4 Å². The van der Waals surface area contributed by atoms with E-state index in [-0.39, 0.29) is 0 Å². The predicted molar refractivity (Wildman–Crippen MR) is 88.1 cm³/mol. The van der Waals surface area contributed by atoms with Crippen LogP contribution in [0.15, 0.2) is 24.3 Å². The number of aryl methyl sites for hydroxylation is 1. The van der Waals surface area contributed by atoms with E-state index in [0.29, 0.717) is 10.0 Å². The lowest BCUT2D eigenvalue weighted by Gasteiger charge is -2.36. The molecule has 2 heterocycles. The van der Waals surface area contributed by atoms with Gasteiger partial charge in [0.05, 0.1) is 0 Å². The number of rotatable bonds is 3. The van der Waals surface area contributed by atoms with E-state index in [9.17, 15) is 4.79 Å². The summed E-state index contributed by atoms with van der Waals surface area (Å²) in [5, 5.41) is 1.15. The fourth-order valence-electron chi connectivity index (χ4n) is 2.42. The van der Waals surface area contributed by atoms with Crippen LogP contribution in [0, 0.1) is 6.92 Å². The second-order valence-corrected chi connectivity index (χ2v) is 6.45. The lowest BCUT2D eigenvalue weighted by atomic mass is 10.2. The molecule has 0 amide bonds.